The van der Waals surface area contributed by atoms with Gasteiger partial charge >= 0.3 is 0 Å². The standard InChI is InChI=1S/C25H24N4O3/c1-4-32-23-12-6-17-14-21(16-5-11-22(26)18(13-16)15-27-2)25(30)29(24(17)28-23)19-7-9-20(31-3)10-8-19/h5-15,26-27H,4H2,1-3H3/b18-15-,26-22?. The minimum Gasteiger partial charge on any atom is -0.497 e. The average molecular weight is 428 g/mol. The summed E-state index contributed by atoms with van der Waals surface area (Å²) in [6, 6.07) is 12.8. The first kappa shape index (κ1) is 21.1. The van der Waals surface area contributed by atoms with Crippen LogP contribution < -0.4 is 20.3 Å². The maximum Gasteiger partial charge on any atom is 0.264 e. The molecule has 0 fully saturated rings. The molecule has 1 aliphatic carbocycles. The highest BCUT2D eigenvalue weighted by atomic mass is 16.5. The Balaban J connectivity index is 1.99. The number of aromatic nitrogens is 2. The fraction of sp³-hybridized carbons (Fsp3) is 0.160. The van der Waals surface area contributed by atoms with E-state index in [1.807, 2.05) is 49.4 Å². The minimum absolute atomic E-state index is 0.211. The molecule has 0 unspecified atom stereocenters. The van der Waals surface area contributed by atoms with Gasteiger partial charge in [-0.3, -0.25) is 9.36 Å². The van der Waals surface area contributed by atoms with E-state index in [0.29, 0.717) is 46.4 Å². The number of nitrogens with one attached hydrogen (secondary N) is 2. The molecule has 7 nitrogen and oxygen atoms in total. The van der Waals surface area contributed by atoms with Gasteiger partial charge in [-0.2, -0.15) is 4.98 Å². The van der Waals surface area contributed by atoms with Gasteiger partial charge in [0, 0.05) is 35.8 Å². The molecule has 0 amide bonds. The van der Waals surface area contributed by atoms with Crippen molar-refractivity contribution in [1.82, 2.24) is 14.9 Å². The van der Waals surface area contributed by atoms with Gasteiger partial charge in [-0.25, -0.2) is 0 Å². The van der Waals surface area contributed by atoms with Gasteiger partial charge in [-0.05, 0) is 61.0 Å². The predicted octanol–water partition coefficient (Wildman–Crippen LogP) is 3.87. The van der Waals surface area contributed by atoms with Crippen molar-refractivity contribution in [2.45, 2.75) is 6.92 Å². The smallest absolute Gasteiger partial charge is 0.264 e. The Labute approximate surface area is 185 Å². The number of hydrogen-bond acceptors (Lipinski definition) is 6. The van der Waals surface area contributed by atoms with Crippen molar-refractivity contribution in [3.63, 3.8) is 0 Å². The lowest BCUT2D eigenvalue weighted by Gasteiger charge is -2.16. The lowest BCUT2D eigenvalue weighted by molar-refractivity contribution is 0.328. The molecule has 4 rings (SSSR count). The van der Waals surface area contributed by atoms with Gasteiger partial charge in [0.2, 0.25) is 5.88 Å². The molecule has 2 aromatic heterocycles. The van der Waals surface area contributed by atoms with Crippen LogP contribution in [-0.4, -0.2) is 36.0 Å². The first-order chi connectivity index (χ1) is 15.5. The second kappa shape index (κ2) is 8.93. The van der Waals surface area contributed by atoms with E-state index in [1.54, 1.807) is 43.1 Å². The molecule has 2 heterocycles. The number of pyridine rings is 2. The van der Waals surface area contributed by atoms with Crippen LogP contribution in [-0.2, 0) is 0 Å². The Morgan fingerprint density at radius 3 is 2.62 bits per heavy atom. The fourth-order valence-corrected chi connectivity index (χ4v) is 3.58. The van der Waals surface area contributed by atoms with Crippen LogP contribution in [0.15, 0.2) is 77.3 Å². The summed E-state index contributed by atoms with van der Waals surface area (Å²) in [7, 11) is 3.38. The van der Waals surface area contributed by atoms with Crippen LogP contribution in [0.2, 0.25) is 0 Å². The molecule has 1 aromatic carbocycles. The van der Waals surface area contributed by atoms with Gasteiger partial charge in [-0.1, -0.05) is 6.08 Å². The molecule has 1 aliphatic rings. The normalized spacial score (nSPS) is 14.5. The number of ether oxygens (including phenoxy) is 2. The zero-order valence-corrected chi connectivity index (χ0v) is 18.2. The Hall–Kier alpha value is -4.13. The maximum atomic E-state index is 13.7. The lowest BCUT2D eigenvalue weighted by Crippen LogP contribution is -2.23. The van der Waals surface area contributed by atoms with Crippen LogP contribution in [0, 0.1) is 5.41 Å². The van der Waals surface area contributed by atoms with Crippen LogP contribution in [0.5, 0.6) is 11.6 Å². The molecule has 0 saturated carbocycles. The fourth-order valence-electron chi connectivity index (χ4n) is 3.58. The van der Waals surface area contributed by atoms with Gasteiger partial charge < -0.3 is 20.2 Å². The molecular weight excluding hydrogens is 404 g/mol. The van der Waals surface area contributed by atoms with E-state index in [4.69, 9.17) is 14.9 Å². The van der Waals surface area contributed by atoms with Crippen LogP contribution in [0.4, 0.5) is 0 Å². The zero-order valence-electron chi connectivity index (χ0n) is 18.2. The molecule has 0 radical (unpaired) electrons. The molecule has 32 heavy (non-hydrogen) atoms. The van der Waals surface area contributed by atoms with Gasteiger partial charge in [0.1, 0.15) is 5.75 Å². The molecular formula is C25H24N4O3. The summed E-state index contributed by atoms with van der Waals surface area (Å²) < 4.78 is 12.4. The van der Waals surface area contributed by atoms with E-state index in [0.717, 1.165) is 11.0 Å². The Morgan fingerprint density at radius 1 is 1.16 bits per heavy atom. The van der Waals surface area contributed by atoms with E-state index < -0.39 is 0 Å². The van der Waals surface area contributed by atoms with Gasteiger partial charge in [0.15, 0.2) is 5.65 Å². The van der Waals surface area contributed by atoms with Crippen LogP contribution in [0.25, 0.3) is 22.3 Å². The third-order valence-electron chi connectivity index (χ3n) is 5.11. The zero-order chi connectivity index (χ0) is 22.7. The summed E-state index contributed by atoms with van der Waals surface area (Å²) in [4.78, 5) is 18.3. The van der Waals surface area contributed by atoms with Crippen molar-refractivity contribution in [3.05, 3.63) is 88.4 Å². The topological polar surface area (TPSA) is 89.2 Å². The highest BCUT2D eigenvalue weighted by Gasteiger charge is 2.17. The number of methoxy groups -OCH3 is 1. The summed E-state index contributed by atoms with van der Waals surface area (Å²) >= 11 is 0. The number of fused-ring (bicyclic) bond motifs is 1. The van der Waals surface area contributed by atoms with Crippen molar-refractivity contribution in [2.75, 3.05) is 20.8 Å². The first-order valence-corrected chi connectivity index (χ1v) is 10.3. The third kappa shape index (κ3) is 3.92. The summed E-state index contributed by atoms with van der Waals surface area (Å²) in [5, 5.41) is 11.9. The van der Waals surface area contributed by atoms with Crippen molar-refractivity contribution in [3.8, 4) is 17.3 Å². The van der Waals surface area contributed by atoms with Gasteiger partial charge in [-0.15, -0.1) is 0 Å². The molecule has 0 atom stereocenters. The summed E-state index contributed by atoms with van der Waals surface area (Å²) in [6.45, 7) is 2.37. The van der Waals surface area contributed by atoms with Crippen LogP contribution >= 0.6 is 0 Å². The highest BCUT2D eigenvalue weighted by molar-refractivity contribution is 6.13. The molecule has 0 aliphatic heterocycles. The Bertz CT molecular complexity index is 1330. The molecule has 0 spiro atoms. The van der Waals surface area contributed by atoms with E-state index in [1.165, 1.54) is 0 Å². The van der Waals surface area contributed by atoms with Crippen molar-refractivity contribution >= 4 is 22.3 Å². The quantitative estimate of drug-likeness (QED) is 0.622. The first-order valence-electron chi connectivity index (χ1n) is 10.3. The number of rotatable bonds is 6. The molecule has 162 valence electrons. The van der Waals surface area contributed by atoms with Crippen molar-refractivity contribution in [2.24, 2.45) is 0 Å². The van der Waals surface area contributed by atoms with Crippen LogP contribution in [0.1, 0.15) is 12.5 Å². The molecule has 7 heteroatoms. The van der Waals surface area contributed by atoms with E-state index in [-0.39, 0.29) is 5.56 Å². The summed E-state index contributed by atoms with van der Waals surface area (Å²) in [6.07, 6.45) is 7.06. The number of allylic oxidation sites excluding steroid dienone is 5. The highest BCUT2D eigenvalue weighted by Crippen LogP contribution is 2.26. The Morgan fingerprint density at radius 2 is 1.94 bits per heavy atom. The monoisotopic (exact) mass is 428 g/mol. The SMILES string of the molecule is CCOc1ccc2cc(C3=C/C(=C/NC)C(=N)C=C3)c(=O)n(-c3ccc(OC)cc3)c2n1. The minimum atomic E-state index is -0.211. The van der Waals surface area contributed by atoms with Crippen molar-refractivity contribution in [1.29, 1.82) is 5.41 Å². The number of hydrogen-bond donors (Lipinski definition) is 2. The number of nitrogens with zero attached hydrogens (tertiary/aromatic N) is 2. The van der Waals surface area contributed by atoms with Crippen molar-refractivity contribution < 1.29 is 9.47 Å². The molecule has 2 N–H and O–H groups in total. The van der Waals surface area contributed by atoms with Crippen LogP contribution in [0.3, 0.4) is 0 Å². The average Bonchev–Trinajstić information content (AvgIpc) is 2.81. The van der Waals surface area contributed by atoms with Gasteiger partial charge in [0.05, 0.1) is 25.1 Å². The number of benzene rings is 1. The maximum absolute atomic E-state index is 13.7. The summed E-state index contributed by atoms with van der Waals surface area (Å²) in [5.74, 6) is 1.15. The van der Waals surface area contributed by atoms with Gasteiger partial charge in [0.25, 0.3) is 5.56 Å². The predicted molar refractivity (Wildman–Crippen MR) is 127 cm³/mol. The largest absolute Gasteiger partial charge is 0.497 e. The second-order valence-corrected chi connectivity index (χ2v) is 7.13. The molecule has 3 aromatic rings. The van der Waals surface area contributed by atoms with E-state index >= 15 is 0 Å². The lowest BCUT2D eigenvalue weighted by atomic mass is 9.95. The molecule has 0 bridgehead atoms. The second-order valence-electron chi connectivity index (χ2n) is 7.13. The van der Waals surface area contributed by atoms with E-state index in [2.05, 4.69) is 10.3 Å². The molecule has 0 saturated heterocycles. The Kier molecular flexibility index (Phi) is 5.89. The van der Waals surface area contributed by atoms with E-state index in [9.17, 15) is 4.79 Å². The third-order valence-corrected chi connectivity index (χ3v) is 5.11. The summed E-state index contributed by atoms with van der Waals surface area (Å²) in [5.41, 5.74) is 3.29.